The molecule has 1 aromatic rings. The second-order valence-electron chi connectivity index (χ2n) is 3.59. The molecule has 1 aromatic carbocycles. The standard InChI is InChI=1S/C13H20N2O/c1-4-14-12-9-7-8-11(10-12)13(16)15(5-2)6-3/h7-10,14H,4-6H2,1-3H3. The van der Waals surface area contributed by atoms with Crippen LogP contribution in [0.4, 0.5) is 5.69 Å². The molecule has 3 heteroatoms. The third-order valence-electron chi connectivity index (χ3n) is 2.54. The predicted octanol–water partition coefficient (Wildman–Crippen LogP) is 2.60. The van der Waals surface area contributed by atoms with E-state index < -0.39 is 0 Å². The molecule has 0 bridgehead atoms. The Morgan fingerprint density at radius 2 is 1.94 bits per heavy atom. The Morgan fingerprint density at radius 3 is 2.50 bits per heavy atom. The zero-order chi connectivity index (χ0) is 12.0. The van der Waals surface area contributed by atoms with Gasteiger partial charge in [0.05, 0.1) is 0 Å². The smallest absolute Gasteiger partial charge is 0.253 e. The van der Waals surface area contributed by atoms with E-state index in [-0.39, 0.29) is 5.91 Å². The van der Waals surface area contributed by atoms with E-state index in [1.54, 1.807) is 0 Å². The second kappa shape index (κ2) is 6.16. The van der Waals surface area contributed by atoms with Gasteiger partial charge < -0.3 is 10.2 Å². The molecule has 0 aliphatic rings. The van der Waals surface area contributed by atoms with Crippen LogP contribution in [-0.2, 0) is 0 Å². The third kappa shape index (κ3) is 2.99. The SMILES string of the molecule is CCNc1cccc(C(=O)N(CC)CC)c1. The first-order chi connectivity index (χ1) is 7.72. The number of rotatable bonds is 5. The topological polar surface area (TPSA) is 32.3 Å². The number of hydrogen-bond donors (Lipinski definition) is 1. The molecule has 0 aliphatic heterocycles. The van der Waals surface area contributed by atoms with Gasteiger partial charge in [-0.25, -0.2) is 0 Å². The fourth-order valence-electron chi connectivity index (χ4n) is 1.66. The van der Waals surface area contributed by atoms with Crippen LogP contribution in [0.25, 0.3) is 0 Å². The fourth-order valence-corrected chi connectivity index (χ4v) is 1.66. The highest BCUT2D eigenvalue weighted by Gasteiger charge is 2.12. The second-order valence-corrected chi connectivity index (χ2v) is 3.59. The molecule has 1 amide bonds. The van der Waals surface area contributed by atoms with Gasteiger partial charge in [0, 0.05) is 30.9 Å². The van der Waals surface area contributed by atoms with Gasteiger partial charge in [0.25, 0.3) is 5.91 Å². The summed E-state index contributed by atoms with van der Waals surface area (Å²) in [7, 11) is 0. The van der Waals surface area contributed by atoms with Crippen LogP contribution in [0.5, 0.6) is 0 Å². The molecule has 0 saturated carbocycles. The zero-order valence-corrected chi connectivity index (χ0v) is 10.3. The molecule has 0 atom stereocenters. The summed E-state index contributed by atoms with van der Waals surface area (Å²) in [5.41, 5.74) is 1.75. The summed E-state index contributed by atoms with van der Waals surface area (Å²) in [6.45, 7) is 8.40. The van der Waals surface area contributed by atoms with E-state index in [1.165, 1.54) is 0 Å². The van der Waals surface area contributed by atoms with Gasteiger partial charge in [-0.05, 0) is 39.0 Å². The van der Waals surface area contributed by atoms with Crippen molar-refractivity contribution in [3.05, 3.63) is 29.8 Å². The van der Waals surface area contributed by atoms with Crippen LogP contribution < -0.4 is 5.32 Å². The highest BCUT2D eigenvalue weighted by atomic mass is 16.2. The van der Waals surface area contributed by atoms with E-state index in [2.05, 4.69) is 5.32 Å². The maximum Gasteiger partial charge on any atom is 0.253 e. The number of carbonyl (C=O) groups is 1. The maximum atomic E-state index is 12.1. The molecule has 0 aromatic heterocycles. The van der Waals surface area contributed by atoms with Crippen molar-refractivity contribution in [3.8, 4) is 0 Å². The van der Waals surface area contributed by atoms with Gasteiger partial charge in [0.1, 0.15) is 0 Å². The lowest BCUT2D eigenvalue weighted by atomic mass is 10.1. The van der Waals surface area contributed by atoms with E-state index >= 15 is 0 Å². The Kier molecular flexibility index (Phi) is 4.83. The minimum atomic E-state index is 0.102. The normalized spacial score (nSPS) is 9.94. The summed E-state index contributed by atoms with van der Waals surface area (Å²) in [6.07, 6.45) is 0. The number of nitrogens with zero attached hydrogens (tertiary/aromatic N) is 1. The summed E-state index contributed by atoms with van der Waals surface area (Å²) in [6, 6.07) is 7.66. The highest BCUT2D eigenvalue weighted by Crippen LogP contribution is 2.12. The summed E-state index contributed by atoms with van der Waals surface area (Å²) in [5.74, 6) is 0.102. The maximum absolute atomic E-state index is 12.1. The van der Waals surface area contributed by atoms with Crippen LogP contribution in [0, 0.1) is 0 Å². The van der Waals surface area contributed by atoms with Crippen molar-refractivity contribution in [2.24, 2.45) is 0 Å². The van der Waals surface area contributed by atoms with Crippen molar-refractivity contribution in [1.29, 1.82) is 0 Å². The molecule has 1 N–H and O–H groups in total. The first kappa shape index (κ1) is 12.6. The molecular formula is C13H20N2O. The molecule has 0 unspecified atom stereocenters. The van der Waals surface area contributed by atoms with Crippen LogP contribution in [0.3, 0.4) is 0 Å². The Labute approximate surface area is 97.5 Å². The Morgan fingerprint density at radius 1 is 1.25 bits per heavy atom. The fraction of sp³-hybridized carbons (Fsp3) is 0.462. The van der Waals surface area contributed by atoms with E-state index in [0.29, 0.717) is 0 Å². The molecule has 88 valence electrons. The van der Waals surface area contributed by atoms with Crippen LogP contribution in [0.15, 0.2) is 24.3 Å². The number of nitrogens with one attached hydrogen (secondary N) is 1. The Bertz CT molecular complexity index is 346. The van der Waals surface area contributed by atoms with Gasteiger partial charge in [-0.2, -0.15) is 0 Å². The molecule has 16 heavy (non-hydrogen) atoms. The molecular weight excluding hydrogens is 200 g/mol. The van der Waals surface area contributed by atoms with Gasteiger partial charge in [0.15, 0.2) is 0 Å². The van der Waals surface area contributed by atoms with Gasteiger partial charge >= 0.3 is 0 Å². The molecule has 0 saturated heterocycles. The molecule has 0 aliphatic carbocycles. The number of amides is 1. The van der Waals surface area contributed by atoms with Gasteiger partial charge in [-0.15, -0.1) is 0 Å². The van der Waals surface area contributed by atoms with Crippen molar-refractivity contribution in [2.75, 3.05) is 25.0 Å². The van der Waals surface area contributed by atoms with Gasteiger partial charge in [-0.3, -0.25) is 4.79 Å². The van der Waals surface area contributed by atoms with Crippen LogP contribution in [-0.4, -0.2) is 30.4 Å². The molecule has 1 rings (SSSR count). The predicted molar refractivity (Wildman–Crippen MR) is 67.9 cm³/mol. The van der Waals surface area contributed by atoms with Crippen molar-refractivity contribution in [3.63, 3.8) is 0 Å². The molecule has 0 heterocycles. The summed E-state index contributed by atoms with van der Waals surface area (Å²) in [5, 5.41) is 3.21. The number of hydrogen-bond acceptors (Lipinski definition) is 2. The van der Waals surface area contributed by atoms with Gasteiger partial charge in [-0.1, -0.05) is 6.07 Å². The van der Waals surface area contributed by atoms with E-state index in [0.717, 1.165) is 30.9 Å². The third-order valence-corrected chi connectivity index (χ3v) is 2.54. The first-order valence-electron chi connectivity index (χ1n) is 5.86. The Hall–Kier alpha value is -1.51. The molecule has 0 radical (unpaired) electrons. The van der Waals surface area contributed by atoms with Crippen LogP contribution in [0.1, 0.15) is 31.1 Å². The molecule has 0 fully saturated rings. The van der Waals surface area contributed by atoms with E-state index in [1.807, 2.05) is 49.9 Å². The summed E-state index contributed by atoms with van der Waals surface area (Å²) >= 11 is 0. The number of anilines is 1. The summed E-state index contributed by atoms with van der Waals surface area (Å²) in [4.78, 5) is 13.9. The quantitative estimate of drug-likeness (QED) is 0.827. The average molecular weight is 220 g/mol. The minimum absolute atomic E-state index is 0.102. The van der Waals surface area contributed by atoms with Crippen molar-refractivity contribution < 1.29 is 4.79 Å². The molecule has 0 spiro atoms. The van der Waals surface area contributed by atoms with Crippen molar-refractivity contribution >= 4 is 11.6 Å². The van der Waals surface area contributed by atoms with E-state index in [4.69, 9.17) is 0 Å². The first-order valence-corrected chi connectivity index (χ1v) is 5.86. The molecule has 3 nitrogen and oxygen atoms in total. The minimum Gasteiger partial charge on any atom is -0.385 e. The zero-order valence-electron chi connectivity index (χ0n) is 10.3. The number of benzene rings is 1. The lowest BCUT2D eigenvalue weighted by Crippen LogP contribution is -2.30. The monoisotopic (exact) mass is 220 g/mol. The van der Waals surface area contributed by atoms with Crippen molar-refractivity contribution in [2.45, 2.75) is 20.8 Å². The lowest BCUT2D eigenvalue weighted by molar-refractivity contribution is 0.0773. The van der Waals surface area contributed by atoms with Crippen LogP contribution in [0.2, 0.25) is 0 Å². The van der Waals surface area contributed by atoms with Crippen molar-refractivity contribution in [1.82, 2.24) is 4.90 Å². The van der Waals surface area contributed by atoms with Crippen LogP contribution >= 0.6 is 0 Å². The number of carbonyl (C=O) groups excluding carboxylic acids is 1. The lowest BCUT2D eigenvalue weighted by Gasteiger charge is -2.19. The largest absolute Gasteiger partial charge is 0.385 e. The average Bonchev–Trinajstić information content (AvgIpc) is 2.31. The summed E-state index contributed by atoms with van der Waals surface area (Å²) < 4.78 is 0. The van der Waals surface area contributed by atoms with E-state index in [9.17, 15) is 4.79 Å². The Balaban J connectivity index is 2.86. The van der Waals surface area contributed by atoms with Gasteiger partial charge in [0.2, 0.25) is 0 Å². The highest BCUT2D eigenvalue weighted by molar-refractivity contribution is 5.95.